The summed E-state index contributed by atoms with van der Waals surface area (Å²) >= 11 is 6.59. The van der Waals surface area contributed by atoms with Crippen LogP contribution in [0.3, 0.4) is 0 Å². The second kappa shape index (κ2) is 6.33. The fourth-order valence-corrected chi connectivity index (χ4v) is 2.23. The lowest BCUT2D eigenvalue weighted by Crippen LogP contribution is -2.40. The maximum atomic E-state index is 12.3. The SMILES string of the molecule is CC(C)N(CC(=O)O)C(=O)c1cc(Br)ccc1Br. The molecule has 6 heteroatoms. The lowest BCUT2D eigenvalue weighted by Gasteiger charge is -2.25. The molecule has 0 atom stereocenters. The summed E-state index contributed by atoms with van der Waals surface area (Å²) in [6.45, 7) is 3.26. The van der Waals surface area contributed by atoms with Crippen molar-refractivity contribution in [1.82, 2.24) is 4.90 Å². The summed E-state index contributed by atoms with van der Waals surface area (Å²) in [5, 5.41) is 8.84. The lowest BCUT2D eigenvalue weighted by molar-refractivity contribution is -0.138. The summed E-state index contributed by atoms with van der Waals surface area (Å²) in [6, 6.07) is 5.04. The Morgan fingerprint density at radius 2 is 1.94 bits per heavy atom. The zero-order chi connectivity index (χ0) is 13.9. The van der Waals surface area contributed by atoms with Crippen LogP contribution in [-0.4, -0.2) is 34.5 Å². The average Bonchev–Trinajstić information content (AvgIpc) is 2.27. The Morgan fingerprint density at radius 3 is 2.44 bits per heavy atom. The van der Waals surface area contributed by atoms with Gasteiger partial charge in [-0.05, 0) is 48.0 Å². The molecular formula is C12H13Br2NO3. The third-order valence-corrected chi connectivity index (χ3v) is 3.53. The number of carboxylic acid groups (broad SMARTS) is 1. The van der Waals surface area contributed by atoms with E-state index in [-0.39, 0.29) is 18.5 Å². The van der Waals surface area contributed by atoms with Crippen molar-refractivity contribution < 1.29 is 14.7 Å². The summed E-state index contributed by atoms with van der Waals surface area (Å²) in [6.07, 6.45) is 0. The van der Waals surface area contributed by atoms with Gasteiger partial charge in [0, 0.05) is 15.0 Å². The van der Waals surface area contributed by atoms with Crippen molar-refractivity contribution in [3.05, 3.63) is 32.7 Å². The van der Waals surface area contributed by atoms with Gasteiger partial charge in [-0.15, -0.1) is 0 Å². The Hall–Kier alpha value is -0.880. The molecule has 1 amide bonds. The lowest BCUT2D eigenvalue weighted by atomic mass is 10.1. The zero-order valence-corrected chi connectivity index (χ0v) is 13.2. The van der Waals surface area contributed by atoms with Gasteiger partial charge in [0.1, 0.15) is 6.54 Å². The highest BCUT2D eigenvalue weighted by molar-refractivity contribution is 9.11. The molecule has 0 unspecified atom stereocenters. The van der Waals surface area contributed by atoms with Crippen LogP contribution >= 0.6 is 31.9 Å². The van der Waals surface area contributed by atoms with Crippen LogP contribution in [0.5, 0.6) is 0 Å². The van der Waals surface area contributed by atoms with Crippen LogP contribution in [0.15, 0.2) is 27.1 Å². The number of nitrogens with zero attached hydrogens (tertiary/aromatic N) is 1. The molecule has 0 aromatic heterocycles. The number of amides is 1. The molecule has 1 aromatic carbocycles. The van der Waals surface area contributed by atoms with E-state index in [0.29, 0.717) is 10.0 Å². The number of carboxylic acids is 1. The number of hydrogen-bond donors (Lipinski definition) is 1. The number of carbonyl (C=O) groups is 2. The first-order chi connectivity index (χ1) is 8.32. The molecule has 1 rings (SSSR count). The molecule has 0 saturated heterocycles. The Kier molecular flexibility index (Phi) is 5.34. The van der Waals surface area contributed by atoms with E-state index in [4.69, 9.17) is 5.11 Å². The topological polar surface area (TPSA) is 57.6 Å². The van der Waals surface area contributed by atoms with Gasteiger partial charge < -0.3 is 10.0 Å². The Morgan fingerprint density at radius 1 is 1.33 bits per heavy atom. The van der Waals surface area contributed by atoms with Crippen LogP contribution in [0.25, 0.3) is 0 Å². The van der Waals surface area contributed by atoms with Gasteiger partial charge in [-0.3, -0.25) is 9.59 Å². The van der Waals surface area contributed by atoms with Crippen LogP contribution in [0.4, 0.5) is 0 Å². The molecule has 18 heavy (non-hydrogen) atoms. The number of aliphatic carboxylic acids is 1. The van der Waals surface area contributed by atoms with E-state index in [1.807, 2.05) is 0 Å². The van der Waals surface area contributed by atoms with Crippen molar-refractivity contribution in [2.45, 2.75) is 19.9 Å². The summed E-state index contributed by atoms with van der Waals surface area (Å²) in [7, 11) is 0. The van der Waals surface area contributed by atoms with E-state index >= 15 is 0 Å². The van der Waals surface area contributed by atoms with Crippen molar-refractivity contribution in [2.24, 2.45) is 0 Å². The molecule has 98 valence electrons. The minimum absolute atomic E-state index is 0.181. The quantitative estimate of drug-likeness (QED) is 0.875. The molecule has 0 aliphatic heterocycles. The maximum Gasteiger partial charge on any atom is 0.323 e. The Balaban J connectivity index is 3.09. The first kappa shape index (κ1) is 15.2. The van der Waals surface area contributed by atoms with Crippen LogP contribution in [0, 0.1) is 0 Å². The monoisotopic (exact) mass is 377 g/mol. The summed E-state index contributed by atoms with van der Waals surface area (Å²) in [5.41, 5.74) is 0.444. The maximum absolute atomic E-state index is 12.3. The van der Waals surface area contributed by atoms with Gasteiger partial charge in [-0.25, -0.2) is 0 Å². The van der Waals surface area contributed by atoms with Gasteiger partial charge in [-0.2, -0.15) is 0 Å². The largest absolute Gasteiger partial charge is 0.480 e. The molecule has 0 aliphatic carbocycles. The molecule has 0 heterocycles. The Bertz CT molecular complexity index is 474. The normalized spacial score (nSPS) is 10.5. The summed E-state index contributed by atoms with van der Waals surface area (Å²) in [4.78, 5) is 24.4. The fourth-order valence-electron chi connectivity index (χ4n) is 1.45. The smallest absolute Gasteiger partial charge is 0.323 e. The van der Waals surface area contributed by atoms with E-state index < -0.39 is 5.97 Å². The first-order valence-corrected chi connectivity index (χ1v) is 6.89. The van der Waals surface area contributed by atoms with Gasteiger partial charge in [0.25, 0.3) is 5.91 Å². The molecule has 0 aliphatic rings. The molecule has 4 nitrogen and oxygen atoms in total. The highest BCUT2D eigenvalue weighted by Gasteiger charge is 2.23. The van der Waals surface area contributed by atoms with Crippen LogP contribution in [0.1, 0.15) is 24.2 Å². The minimum Gasteiger partial charge on any atom is -0.480 e. The molecule has 0 fully saturated rings. The van der Waals surface area contributed by atoms with E-state index in [2.05, 4.69) is 31.9 Å². The van der Waals surface area contributed by atoms with E-state index in [1.54, 1.807) is 32.0 Å². The summed E-state index contributed by atoms with van der Waals surface area (Å²) < 4.78 is 1.42. The highest BCUT2D eigenvalue weighted by Crippen LogP contribution is 2.23. The number of halogens is 2. The van der Waals surface area contributed by atoms with Crippen molar-refractivity contribution in [1.29, 1.82) is 0 Å². The van der Waals surface area contributed by atoms with Gasteiger partial charge in [0.05, 0.1) is 5.56 Å². The van der Waals surface area contributed by atoms with E-state index in [0.717, 1.165) is 4.47 Å². The molecule has 0 bridgehead atoms. The predicted molar refractivity (Wildman–Crippen MR) is 75.7 cm³/mol. The second-order valence-electron chi connectivity index (χ2n) is 4.04. The number of rotatable bonds is 4. The van der Waals surface area contributed by atoms with Crippen LogP contribution in [-0.2, 0) is 4.79 Å². The first-order valence-electron chi connectivity index (χ1n) is 5.30. The standard InChI is InChI=1S/C12H13Br2NO3/c1-7(2)15(6-11(16)17)12(18)9-5-8(13)3-4-10(9)14/h3-5,7H,6H2,1-2H3,(H,16,17). The third-order valence-electron chi connectivity index (χ3n) is 2.35. The van der Waals surface area contributed by atoms with Gasteiger partial charge in [0.15, 0.2) is 0 Å². The molecule has 0 spiro atoms. The van der Waals surface area contributed by atoms with Crippen molar-refractivity contribution in [3.63, 3.8) is 0 Å². The summed E-state index contributed by atoms with van der Waals surface area (Å²) in [5.74, 6) is -1.33. The molecule has 0 saturated carbocycles. The number of carbonyl (C=O) groups excluding carboxylic acids is 1. The van der Waals surface area contributed by atoms with Crippen LogP contribution < -0.4 is 0 Å². The highest BCUT2D eigenvalue weighted by atomic mass is 79.9. The van der Waals surface area contributed by atoms with E-state index in [1.165, 1.54) is 4.90 Å². The predicted octanol–water partition coefficient (Wildman–Crippen LogP) is 3.15. The molecule has 1 aromatic rings. The number of hydrogen-bond acceptors (Lipinski definition) is 2. The van der Waals surface area contributed by atoms with E-state index in [9.17, 15) is 9.59 Å². The van der Waals surface area contributed by atoms with Crippen molar-refractivity contribution >= 4 is 43.7 Å². The fraction of sp³-hybridized carbons (Fsp3) is 0.333. The minimum atomic E-state index is -1.02. The van der Waals surface area contributed by atoms with Gasteiger partial charge in [0.2, 0.25) is 0 Å². The number of benzene rings is 1. The molecular weight excluding hydrogens is 366 g/mol. The van der Waals surface area contributed by atoms with Gasteiger partial charge >= 0.3 is 5.97 Å². The zero-order valence-electron chi connectivity index (χ0n) is 9.98. The third kappa shape index (κ3) is 3.81. The van der Waals surface area contributed by atoms with Gasteiger partial charge in [-0.1, -0.05) is 15.9 Å². The van der Waals surface area contributed by atoms with Crippen molar-refractivity contribution in [3.8, 4) is 0 Å². The molecule has 0 radical (unpaired) electrons. The average molecular weight is 379 g/mol. The van der Waals surface area contributed by atoms with Crippen LogP contribution in [0.2, 0.25) is 0 Å². The van der Waals surface area contributed by atoms with Crippen molar-refractivity contribution in [2.75, 3.05) is 6.54 Å². The second-order valence-corrected chi connectivity index (χ2v) is 5.81. The Labute approximate surface area is 122 Å². The molecule has 1 N–H and O–H groups in total.